The molecule has 0 unspecified atom stereocenters. The van der Waals surface area contributed by atoms with Crippen molar-refractivity contribution in [2.24, 2.45) is 0 Å². The molecule has 102 valence electrons. The Kier molecular flexibility index (Phi) is 11.5. The van der Waals surface area contributed by atoms with Gasteiger partial charge in [0.1, 0.15) is 0 Å². The highest BCUT2D eigenvalue weighted by atomic mass is 31.2. The SMILES string of the molecule is CCC=C(C)C(=O)O.CCOP(=O)(O)OCC. The standard InChI is InChI=1S/C6H10O2.C4H11O4P/c1-3-4-5(2)6(7)8;1-3-7-9(5,6)8-4-2/h4H,3H2,1-2H3,(H,7,8);3-4H2,1-2H3,(H,5,6). The molecule has 0 atom stereocenters. The molecule has 0 aliphatic heterocycles. The van der Waals surface area contributed by atoms with Crippen LogP contribution in [0, 0.1) is 0 Å². The molecule has 6 nitrogen and oxygen atoms in total. The van der Waals surface area contributed by atoms with E-state index in [0.29, 0.717) is 5.57 Å². The summed E-state index contributed by atoms with van der Waals surface area (Å²) in [7, 11) is -3.69. The third-order valence-electron chi connectivity index (χ3n) is 1.43. The van der Waals surface area contributed by atoms with Gasteiger partial charge in [-0.15, -0.1) is 0 Å². The van der Waals surface area contributed by atoms with Crippen LogP contribution in [0.1, 0.15) is 34.1 Å². The van der Waals surface area contributed by atoms with Gasteiger partial charge in [-0.25, -0.2) is 9.36 Å². The van der Waals surface area contributed by atoms with Gasteiger partial charge in [-0.3, -0.25) is 9.05 Å². The lowest BCUT2D eigenvalue weighted by Crippen LogP contribution is -1.94. The summed E-state index contributed by atoms with van der Waals surface area (Å²) in [6.07, 6.45) is 2.47. The quantitative estimate of drug-likeness (QED) is 0.568. The number of hydrogen-bond acceptors (Lipinski definition) is 4. The largest absolute Gasteiger partial charge is 0.478 e. The predicted molar refractivity (Wildman–Crippen MR) is 64.8 cm³/mol. The van der Waals surface area contributed by atoms with Crippen LogP contribution in [0.15, 0.2) is 11.6 Å². The van der Waals surface area contributed by atoms with Gasteiger partial charge in [0.15, 0.2) is 0 Å². The fourth-order valence-electron chi connectivity index (χ4n) is 0.757. The fourth-order valence-corrected chi connectivity index (χ4v) is 1.48. The molecule has 7 heteroatoms. The molecule has 0 amide bonds. The van der Waals surface area contributed by atoms with Gasteiger partial charge in [-0.1, -0.05) is 13.0 Å². The summed E-state index contributed by atoms with van der Waals surface area (Å²) >= 11 is 0. The van der Waals surface area contributed by atoms with Crippen LogP contribution >= 0.6 is 7.82 Å². The highest BCUT2D eigenvalue weighted by molar-refractivity contribution is 7.47. The van der Waals surface area contributed by atoms with E-state index in [4.69, 9.17) is 10.00 Å². The lowest BCUT2D eigenvalue weighted by Gasteiger charge is -2.07. The minimum Gasteiger partial charge on any atom is -0.478 e. The van der Waals surface area contributed by atoms with Crippen molar-refractivity contribution < 1.29 is 28.4 Å². The van der Waals surface area contributed by atoms with E-state index in [0.717, 1.165) is 6.42 Å². The molecule has 0 aromatic heterocycles. The summed E-state index contributed by atoms with van der Waals surface area (Å²) < 4.78 is 19.2. The molecule has 0 bridgehead atoms. The zero-order chi connectivity index (χ0) is 13.9. The van der Waals surface area contributed by atoms with Crippen LogP contribution in [-0.4, -0.2) is 29.2 Å². The third-order valence-corrected chi connectivity index (χ3v) is 2.60. The van der Waals surface area contributed by atoms with Gasteiger partial charge < -0.3 is 10.00 Å². The summed E-state index contributed by atoms with van der Waals surface area (Å²) in [5.74, 6) is -0.827. The molecule has 0 spiro atoms. The zero-order valence-electron chi connectivity index (χ0n) is 10.7. The normalized spacial score (nSPS) is 11.7. The van der Waals surface area contributed by atoms with E-state index in [1.165, 1.54) is 0 Å². The lowest BCUT2D eigenvalue weighted by atomic mass is 10.2. The summed E-state index contributed by atoms with van der Waals surface area (Å²) in [5, 5.41) is 8.24. The van der Waals surface area contributed by atoms with Crippen molar-refractivity contribution in [2.45, 2.75) is 34.1 Å². The Balaban J connectivity index is 0. The van der Waals surface area contributed by atoms with Crippen LogP contribution in [0.3, 0.4) is 0 Å². The van der Waals surface area contributed by atoms with E-state index in [-0.39, 0.29) is 13.2 Å². The molecule has 2 N–H and O–H groups in total. The van der Waals surface area contributed by atoms with Crippen molar-refractivity contribution in [1.29, 1.82) is 0 Å². The molecular formula is C10H21O6P. The molecular weight excluding hydrogens is 247 g/mol. The Morgan fingerprint density at radius 3 is 1.82 bits per heavy atom. The van der Waals surface area contributed by atoms with Crippen molar-refractivity contribution in [3.63, 3.8) is 0 Å². The Labute approximate surface area is 102 Å². The first-order valence-corrected chi connectivity index (χ1v) is 6.82. The second kappa shape index (κ2) is 10.5. The van der Waals surface area contributed by atoms with Crippen molar-refractivity contribution in [3.8, 4) is 0 Å². The van der Waals surface area contributed by atoms with Gasteiger partial charge in [0.2, 0.25) is 0 Å². The van der Waals surface area contributed by atoms with E-state index >= 15 is 0 Å². The van der Waals surface area contributed by atoms with E-state index in [1.54, 1.807) is 26.8 Å². The first-order chi connectivity index (χ1) is 7.80. The number of aliphatic carboxylic acids is 1. The minimum absolute atomic E-state index is 0.188. The summed E-state index contributed by atoms with van der Waals surface area (Å²) in [5.41, 5.74) is 0.424. The number of carboxylic acid groups (broad SMARTS) is 1. The lowest BCUT2D eigenvalue weighted by molar-refractivity contribution is -0.132. The number of rotatable bonds is 6. The maximum atomic E-state index is 10.5. The molecule has 0 heterocycles. The Morgan fingerprint density at radius 2 is 1.65 bits per heavy atom. The Bertz CT molecular complexity index is 277. The van der Waals surface area contributed by atoms with Gasteiger partial charge in [-0.2, -0.15) is 0 Å². The molecule has 0 rings (SSSR count). The van der Waals surface area contributed by atoms with E-state index in [9.17, 15) is 9.36 Å². The summed E-state index contributed by atoms with van der Waals surface area (Å²) in [6.45, 7) is 7.13. The molecule has 0 aromatic rings. The summed E-state index contributed by atoms with van der Waals surface area (Å²) in [4.78, 5) is 18.6. The molecule has 0 radical (unpaired) electrons. The van der Waals surface area contributed by atoms with Crippen molar-refractivity contribution in [2.75, 3.05) is 13.2 Å². The van der Waals surface area contributed by atoms with Crippen LogP contribution in [-0.2, 0) is 18.4 Å². The molecule has 0 fully saturated rings. The average molecular weight is 268 g/mol. The molecule has 17 heavy (non-hydrogen) atoms. The maximum absolute atomic E-state index is 10.5. The smallest absolute Gasteiger partial charge is 0.472 e. The third kappa shape index (κ3) is 13.3. The summed E-state index contributed by atoms with van der Waals surface area (Å²) in [6, 6.07) is 0. The van der Waals surface area contributed by atoms with Gasteiger partial charge in [0, 0.05) is 5.57 Å². The monoisotopic (exact) mass is 268 g/mol. The fraction of sp³-hybridized carbons (Fsp3) is 0.700. The van der Waals surface area contributed by atoms with Crippen molar-refractivity contribution in [1.82, 2.24) is 0 Å². The van der Waals surface area contributed by atoms with Crippen molar-refractivity contribution >= 4 is 13.8 Å². The number of hydrogen-bond donors (Lipinski definition) is 2. The Morgan fingerprint density at radius 1 is 1.24 bits per heavy atom. The van der Waals surface area contributed by atoms with E-state index in [2.05, 4.69) is 9.05 Å². The van der Waals surface area contributed by atoms with Crippen LogP contribution in [0.4, 0.5) is 0 Å². The van der Waals surface area contributed by atoms with E-state index < -0.39 is 13.8 Å². The van der Waals surface area contributed by atoms with Crippen LogP contribution < -0.4 is 0 Å². The molecule has 0 saturated heterocycles. The van der Waals surface area contributed by atoms with E-state index in [1.807, 2.05) is 6.92 Å². The minimum atomic E-state index is -3.69. The van der Waals surface area contributed by atoms with Crippen LogP contribution in [0.25, 0.3) is 0 Å². The maximum Gasteiger partial charge on any atom is 0.472 e. The second-order valence-corrected chi connectivity index (χ2v) is 4.36. The Hall–Kier alpha value is -0.680. The topological polar surface area (TPSA) is 93.1 Å². The number of carbonyl (C=O) groups is 1. The molecule has 0 saturated carbocycles. The van der Waals surface area contributed by atoms with Gasteiger partial charge in [0.25, 0.3) is 0 Å². The van der Waals surface area contributed by atoms with Gasteiger partial charge in [0.05, 0.1) is 13.2 Å². The number of phosphoric ester groups is 1. The molecule has 0 aliphatic rings. The highest BCUT2D eigenvalue weighted by Crippen LogP contribution is 2.42. The molecule has 0 aromatic carbocycles. The molecule has 0 aliphatic carbocycles. The second-order valence-electron chi connectivity index (χ2n) is 2.90. The van der Waals surface area contributed by atoms with Gasteiger partial charge >= 0.3 is 13.8 Å². The number of carboxylic acids is 1. The van der Waals surface area contributed by atoms with Gasteiger partial charge in [-0.05, 0) is 27.2 Å². The zero-order valence-corrected chi connectivity index (χ0v) is 11.6. The average Bonchev–Trinajstić information content (AvgIpc) is 2.18. The predicted octanol–water partition coefficient (Wildman–Crippen LogP) is 2.59. The van der Waals surface area contributed by atoms with Crippen molar-refractivity contribution in [3.05, 3.63) is 11.6 Å². The van der Waals surface area contributed by atoms with Crippen LogP contribution in [0.2, 0.25) is 0 Å². The van der Waals surface area contributed by atoms with Crippen LogP contribution in [0.5, 0.6) is 0 Å². The number of allylic oxidation sites excluding steroid dienone is 1. The number of phosphoric acid groups is 1. The highest BCUT2D eigenvalue weighted by Gasteiger charge is 2.17. The first-order valence-electron chi connectivity index (χ1n) is 5.32. The first kappa shape index (κ1) is 18.7.